The first-order chi connectivity index (χ1) is 10.1. The van der Waals surface area contributed by atoms with Crippen LogP contribution in [0.1, 0.15) is 30.2 Å². The fourth-order valence-electron chi connectivity index (χ4n) is 2.21. The van der Waals surface area contributed by atoms with Crippen molar-refractivity contribution in [1.29, 1.82) is 0 Å². The van der Waals surface area contributed by atoms with Gasteiger partial charge in [-0.1, -0.05) is 48.5 Å². The van der Waals surface area contributed by atoms with Crippen molar-refractivity contribution in [3.8, 4) is 0 Å². The van der Waals surface area contributed by atoms with Crippen molar-refractivity contribution in [3.63, 3.8) is 0 Å². The summed E-state index contributed by atoms with van der Waals surface area (Å²) in [7, 11) is 0. The summed E-state index contributed by atoms with van der Waals surface area (Å²) >= 11 is 0. The SMILES string of the molecule is CC(NCC(O)c1ccccc1)c1ccccc1[N+](=O)[O-]. The minimum absolute atomic E-state index is 0.0895. The Kier molecular flexibility index (Phi) is 5.03. The third-order valence-corrected chi connectivity index (χ3v) is 3.40. The molecule has 2 aromatic carbocycles. The van der Waals surface area contributed by atoms with Gasteiger partial charge in [0, 0.05) is 24.2 Å². The molecule has 0 aliphatic rings. The number of nitro benzene ring substituents is 1. The molecule has 5 nitrogen and oxygen atoms in total. The average Bonchev–Trinajstić information content (AvgIpc) is 2.53. The molecule has 2 unspecified atom stereocenters. The standard InChI is InChI=1S/C16H18N2O3/c1-12(14-9-5-6-10-15(14)18(20)21)17-11-16(19)13-7-3-2-4-8-13/h2-10,12,16-17,19H,11H2,1H3. The Morgan fingerprint density at radius 3 is 2.43 bits per heavy atom. The van der Waals surface area contributed by atoms with Crippen molar-refractivity contribution in [2.75, 3.05) is 6.54 Å². The van der Waals surface area contributed by atoms with Gasteiger partial charge in [0.2, 0.25) is 0 Å². The van der Waals surface area contributed by atoms with Gasteiger partial charge in [-0.05, 0) is 12.5 Å². The molecular weight excluding hydrogens is 268 g/mol. The molecule has 2 N–H and O–H groups in total. The van der Waals surface area contributed by atoms with Crippen LogP contribution in [-0.2, 0) is 0 Å². The van der Waals surface area contributed by atoms with Gasteiger partial charge in [0.1, 0.15) is 0 Å². The minimum Gasteiger partial charge on any atom is -0.387 e. The Bertz CT molecular complexity index is 601. The highest BCUT2D eigenvalue weighted by Gasteiger charge is 2.18. The van der Waals surface area contributed by atoms with Crippen LogP contribution in [0.4, 0.5) is 5.69 Å². The minimum atomic E-state index is -0.642. The maximum Gasteiger partial charge on any atom is 0.274 e. The van der Waals surface area contributed by atoms with Gasteiger partial charge in [-0.2, -0.15) is 0 Å². The molecule has 0 aliphatic carbocycles. The number of nitrogens with one attached hydrogen (secondary N) is 1. The summed E-state index contributed by atoms with van der Waals surface area (Å²) in [5.41, 5.74) is 1.52. The summed E-state index contributed by atoms with van der Waals surface area (Å²) in [5, 5.41) is 24.3. The number of hydrogen-bond acceptors (Lipinski definition) is 4. The van der Waals surface area contributed by atoms with E-state index in [-0.39, 0.29) is 16.7 Å². The zero-order chi connectivity index (χ0) is 15.2. The molecule has 0 saturated carbocycles. The molecule has 2 aromatic rings. The summed E-state index contributed by atoms with van der Waals surface area (Å²) in [6.45, 7) is 2.18. The Labute approximate surface area is 123 Å². The highest BCUT2D eigenvalue weighted by Crippen LogP contribution is 2.24. The number of nitro groups is 1. The first kappa shape index (κ1) is 15.2. The van der Waals surface area contributed by atoms with Crippen LogP contribution in [0.25, 0.3) is 0 Å². The van der Waals surface area contributed by atoms with Gasteiger partial charge in [-0.3, -0.25) is 10.1 Å². The van der Waals surface area contributed by atoms with E-state index in [1.54, 1.807) is 18.2 Å². The topological polar surface area (TPSA) is 75.4 Å². The van der Waals surface area contributed by atoms with Crippen LogP contribution < -0.4 is 5.32 Å². The molecule has 0 aromatic heterocycles. The highest BCUT2D eigenvalue weighted by molar-refractivity contribution is 5.41. The molecule has 21 heavy (non-hydrogen) atoms. The molecule has 0 bridgehead atoms. The monoisotopic (exact) mass is 286 g/mol. The zero-order valence-electron chi connectivity index (χ0n) is 11.8. The largest absolute Gasteiger partial charge is 0.387 e. The molecule has 0 spiro atoms. The second-order valence-electron chi connectivity index (χ2n) is 4.87. The summed E-state index contributed by atoms with van der Waals surface area (Å²) < 4.78 is 0. The van der Waals surface area contributed by atoms with E-state index in [0.717, 1.165) is 5.56 Å². The van der Waals surface area contributed by atoms with Gasteiger partial charge in [-0.15, -0.1) is 0 Å². The second kappa shape index (κ2) is 6.97. The van der Waals surface area contributed by atoms with E-state index in [2.05, 4.69) is 5.32 Å². The van der Waals surface area contributed by atoms with E-state index in [9.17, 15) is 15.2 Å². The quantitative estimate of drug-likeness (QED) is 0.632. The molecule has 0 radical (unpaired) electrons. The van der Waals surface area contributed by atoms with Crippen LogP contribution in [0.2, 0.25) is 0 Å². The van der Waals surface area contributed by atoms with Crippen molar-refractivity contribution in [2.24, 2.45) is 0 Å². The molecule has 0 fully saturated rings. The molecule has 2 atom stereocenters. The number of aliphatic hydroxyl groups is 1. The molecular formula is C16H18N2O3. The second-order valence-corrected chi connectivity index (χ2v) is 4.87. The summed E-state index contributed by atoms with van der Waals surface area (Å²) in [4.78, 5) is 10.6. The summed E-state index contributed by atoms with van der Waals surface area (Å²) in [6, 6.07) is 15.7. The summed E-state index contributed by atoms with van der Waals surface area (Å²) in [6.07, 6.45) is -0.642. The van der Waals surface area contributed by atoms with Gasteiger partial charge in [0.05, 0.1) is 11.0 Å². The van der Waals surface area contributed by atoms with Crippen LogP contribution >= 0.6 is 0 Å². The summed E-state index contributed by atoms with van der Waals surface area (Å²) in [5.74, 6) is 0. The predicted molar refractivity (Wildman–Crippen MR) is 80.9 cm³/mol. The Hall–Kier alpha value is -2.24. The number of rotatable bonds is 6. The van der Waals surface area contributed by atoms with Crippen LogP contribution in [0, 0.1) is 10.1 Å². The smallest absolute Gasteiger partial charge is 0.274 e. The Morgan fingerprint density at radius 2 is 1.76 bits per heavy atom. The van der Waals surface area contributed by atoms with Crippen LogP contribution in [0.15, 0.2) is 54.6 Å². The van der Waals surface area contributed by atoms with Gasteiger partial charge in [-0.25, -0.2) is 0 Å². The fraction of sp³-hybridized carbons (Fsp3) is 0.250. The molecule has 0 saturated heterocycles. The van der Waals surface area contributed by atoms with Crippen molar-refractivity contribution in [2.45, 2.75) is 19.1 Å². The Morgan fingerprint density at radius 1 is 1.14 bits per heavy atom. The zero-order valence-corrected chi connectivity index (χ0v) is 11.8. The lowest BCUT2D eigenvalue weighted by Gasteiger charge is -2.17. The van der Waals surface area contributed by atoms with Crippen LogP contribution in [0.3, 0.4) is 0 Å². The van der Waals surface area contributed by atoms with E-state index >= 15 is 0 Å². The van der Waals surface area contributed by atoms with Crippen LogP contribution in [-0.4, -0.2) is 16.6 Å². The first-order valence-electron chi connectivity index (χ1n) is 6.79. The molecule has 0 aliphatic heterocycles. The molecule has 5 heteroatoms. The van der Waals surface area contributed by atoms with Gasteiger partial charge in [0.25, 0.3) is 5.69 Å². The van der Waals surface area contributed by atoms with Crippen molar-refractivity contribution in [3.05, 3.63) is 75.8 Å². The third kappa shape index (κ3) is 3.87. The number of hydrogen-bond donors (Lipinski definition) is 2. The Balaban J connectivity index is 2.02. The van der Waals surface area contributed by atoms with E-state index in [1.165, 1.54) is 6.07 Å². The maximum atomic E-state index is 11.0. The fourth-order valence-corrected chi connectivity index (χ4v) is 2.21. The molecule has 110 valence electrons. The van der Waals surface area contributed by atoms with E-state index in [4.69, 9.17) is 0 Å². The molecule has 0 heterocycles. The van der Waals surface area contributed by atoms with Gasteiger partial charge < -0.3 is 10.4 Å². The van der Waals surface area contributed by atoms with E-state index < -0.39 is 6.10 Å². The lowest BCUT2D eigenvalue weighted by Crippen LogP contribution is -2.25. The van der Waals surface area contributed by atoms with Gasteiger partial charge in [0.15, 0.2) is 0 Å². The normalized spacial score (nSPS) is 13.6. The first-order valence-corrected chi connectivity index (χ1v) is 6.79. The number of benzene rings is 2. The van der Waals surface area contributed by atoms with E-state index in [1.807, 2.05) is 37.3 Å². The molecule has 2 rings (SSSR count). The predicted octanol–water partition coefficient (Wildman–Crippen LogP) is 2.98. The average molecular weight is 286 g/mol. The van der Waals surface area contributed by atoms with Crippen molar-refractivity contribution < 1.29 is 10.0 Å². The lowest BCUT2D eigenvalue weighted by molar-refractivity contribution is -0.385. The number of aliphatic hydroxyl groups excluding tert-OH is 1. The lowest BCUT2D eigenvalue weighted by atomic mass is 10.1. The van der Waals surface area contributed by atoms with Gasteiger partial charge >= 0.3 is 0 Å². The third-order valence-electron chi connectivity index (χ3n) is 3.40. The van der Waals surface area contributed by atoms with Crippen molar-refractivity contribution in [1.82, 2.24) is 5.32 Å². The molecule has 0 amide bonds. The number of para-hydroxylation sites is 1. The highest BCUT2D eigenvalue weighted by atomic mass is 16.6. The van der Waals surface area contributed by atoms with Crippen molar-refractivity contribution >= 4 is 5.69 Å². The maximum absolute atomic E-state index is 11.0. The van der Waals surface area contributed by atoms with Crippen LogP contribution in [0.5, 0.6) is 0 Å². The number of nitrogens with zero attached hydrogens (tertiary/aromatic N) is 1. The van der Waals surface area contributed by atoms with E-state index in [0.29, 0.717) is 12.1 Å².